The first-order valence-corrected chi connectivity index (χ1v) is 15.1. The Morgan fingerprint density at radius 3 is 1.55 bits per heavy atom. The molecule has 8 N–H and O–H groups in total. The molecule has 44 heavy (non-hydrogen) atoms. The first-order chi connectivity index (χ1) is 20.4. The minimum absolute atomic E-state index is 0.0143. The molecule has 0 aliphatic heterocycles. The summed E-state index contributed by atoms with van der Waals surface area (Å²) in [6, 6.07) is -1.77. The monoisotopic (exact) mass is 621 g/mol. The lowest BCUT2D eigenvalue weighted by atomic mass is 9.81. The van der Waals surface area contributed by atoms with E-state index in [4.69, 9.17) is 13.6 Å². The van der Waals surface area contributed by atoms with Crippen molar-refractivity contribution in [1.82, 2.24) is 31.9 Å². The van der Waals surface area contributed by atoms with Gasteiger partial charge in [0.2, 0.25) is 35.4 Å². The van der Waals surface area contributed by atoms with E-state index in [1.165, 1.54) is 0 Å². The molecular formula is C29H52BN7O7. The number of hydrogen-bond donors (Lipinski definition) is 7. The molecule has 0 spiro atoms. The molecule has 4 atom stereocenters. The van der Waals surface area contributed by atoms with Crippen LogP contribution in [0.5, 0.6) is 0 Å². The number of carbonyl (C=O) groups is 7. The first kappa shape index (κ1) is 40.5. The summed E-state index contributed by atoms with van der Waals surface area (Å²) in [4.78, 5) is 85.5. The largest absolute Gasteiger partial charge is 0.352 e. The van der Waals surface area contributed by atoms with Gasteiger partial charge >= 0.3 is 0 Å². The highest BCUT2D eigenvalue weighted by Crippen LogP contribution is 2.14. The summed E-state index contributed by atoms with van der Waals surface area (Å²) in [5, 5.41) is 15.0. The van der Waals surface area contributed by atoms with Gasteiger partial charge in [-0.2, -0.15) is 0 Å². The topological polar surface area (TPSA) is 218 Å². The first-order valence-electron chi connectivity index (χ1n) is 15.1. The van der Waals surface area contributed by atoms with Gasteiger partial charge in [-0.3, -0.25) is 33.6 Å². The van der Waals surface area contributed by atoms with Crippen molar-refractivity contribution in [2.24, 2.45) is 23.5 Å². The fraction of sp³-hybridized carbons (Fsp3) is 0.759. The molecule has 15 heteroatoms. The Balaban J connectivity index is 4.61. The van der Waals surface area contributed by atoms with Gasteiger partial charge < -0.3 is 37.6 Å². The highest BCUT2D eigenvalue weighted by molar-refractivity contribution is 6.11. The van der Waals surface area contributed by atoms with E-state index in [1.54, 1.807) is 13.8 Å². The van der Waals surface area contributed by atoms with E-state index in [1.807, 2.05) is 34.6 Å². The van der Waals surface area contributed by atoms with Crippen LogP contribution in [0.25, 0.3) is 0 Å². The molecular weight excluding hydrogens is 569 g/mol. The van der Waals surface area contributed by atoms with E-state index in [-0.39, 0.29) is 67.1 Å². The van der Waals surface area contributed by atoms with Crippen molar-refractivity contribution < 1.29 is 33.6 Å². The number of ketones is 1. The van der Waals surface area contributed by atoms with E-state index in [0.717, 1.165) is 0 Å². The minimum Gasteiger partial charge on any atom is -0.352 e. The molecule has 0 aliphatic rings. The van der Waals surface area contributed by atoms with Gasteiger partial charge in [-0.15, -0.1) is 0 Å². The van der Waals surface area contributed by atoms with Crippen LogP contribution < -0.4 is 37.6 Å². The van der Waals surface area contributed by atoms with Crippen molar-refractivity contribution in [3.8, 4) is 0 Å². The van der Waals surface area contributed by atoms with Gasteiger partial charge in [-0.05, 0) is 30.6 Å². The number of rotatable bonds is 21. The molecule has 0 rings (SSSR count). The molecule has 0 aromatic heterocycles. The fourth-order valence-electron chi connectivity index (χ4n) is 3.92. The second-order valence-corrected chi connectivity index (χ2v) is 12.2. The van der Waals surface area contributed by atoms with Crippen LogP contribution in [0, 0.1) is 17.8 Å². The smallest absolute Gasteiger partial charge is 0.243 e. The van der Waals surface area contributed by atoms with Gasteiger partial charge in [-0.25, -0.2) is 0 Å². The highest BCUT2D eigenvalue weighted by Gasteiger charge is 2.23. The SMILES string of the molecule is [B]C(C)CC(NC(=O)CNC(=O)CNC(=O)C(CC(C)C)NC(=O)CNC(=O)CNC(=O)CCC(=O)C(N)C(C)C)C(C)C. The minimum atomic E-state index is -0.977. The standard InChI is InChI=1S/C29H52BN7O7/c1-16(2)10-21(29(44)35-13-25(41)34-14-26(42)36-20(17(3)4)11-19(7)30)37-27(43)15-33-24(40)12-32-23(39)9-8-22(38)28(31)18(5)6/h16-21,28H,8-15,31H2,1-7H3,(H,32,39)(H,33,40)(H,34,41)(H,35,44)(H,36,42)(H,37,43). The highest BCUT2D eigenvalue weighted by atomic mass is 16.2. The Bertz CT molecular complexity index is 989. The van der Waals surface area contributed by atoms with Gasteiger partial charge in [0.05, 0.1) is 40.1 Å². The van der Waals surface area contributed by atoms with Crippen LogP contribution in [0.2, 0.25) is 5.82 Å². The maximum atomic E-state index is 12.7. The lowest BCUT2D eigenvalue weighted by molar-refractivity contribution is -0.131. The molecule has 6 amide bonds. The Hall–Kier alpha value is -3.49. The second-order valence-electron chi connectivity index (χ2n) is 12.2. The number of carbonyl (C=O) groups excluding carboxylic acids is 7. The van der Waals surface area contributed by atoms with Crippen LogP contribution >= 0.6 is 0 Å². The van der Waals surface area contributed by atoms with E-state index in [0.29, 0.717) is 6.42 Å². The van der Waals surface area contributed by atoms with E-state index >= 15 is 0 Å². The van der Waals surface area contributed by atoms with Crippen LogP contribution in [0.4, 0.5) is 0 Å². The number of amides is 6. The van der Waals surface area contributed by atoms with Crippen LogP contribution in [0.1, 0.15) is 74.1 Å². The van der Waals surface area contributed by atoms with E-state index in [9.17, 15) is 33.6 Å². The molecule has 2 radical (unpaired) electrons. The summed E-state index contributed by atoms with van der Waals surface area (Å²) in [7, 11) is 5.83. The molecule has 0 saturated carbocycles. The van der Waals surface area contributed by atoms with Crippen molar-refractivity contribution in [1.29, 1.82) is 0 Å². The molecule has 0 aromatic carbocycles. The zero-order chi connectivity index (χ0) is 34.0. The quantitative estimate of drug-likeness (QED) is 0.0773. The predicted octanol–water partition coefficient (Wildman–Crippen LogP) is -1.18. The third-order valence-electron chi connectivity index (χ3n) is 6.59. The summed E-state index contributed by atoms with van der Waals surface area (Å²) >= 11 is 0. The number of Topliss-reactive ketones (excluding diaryl/α,β-unsaturated/α-hetero) is 1. The van der Waals surface area contributed by atoms with Crippen molar-refractivity contribution in [2.75, 3.05) is 26.2 Å². The van der Waals surface area contributed by atoms with Gasteiger partial charge in [-0.1, -0.05) is 54.3 Å². The molecule has 0 heterocycles. The molecule has 14 nitrogen and oxygen atoms in total. The molecule has 4 unspecified atom stereocenters. The lowest BCUT2D eigenvalue weighted by Gasteiger charge is -2.24. The van der Waals surface area contributed by atoms with Crippen LogP contribution in [0.3, 0.4) is 0 Å². The Kier molecular flexibility index (Phi) is 19.6. The molecule has 0 bridgehead atoms. The van der Waals surface area contributed by atoms with Crippen LogP contribution in [-0.2, 0) is 33.6 Å². The van der Waals surface area contributed by atoms with Crippen LogP contribution in [0.15, 0.2) is 0 Å². The molecule has 248 valence electrons. The number of nitrogens with two attached hydrogens (primary N) is 1. The van der Waals surface area contributed by atoms with Gasteiger partial charge in [0, 0.05) is 18.9 Å². The second kappa shape index (κ2) is 21.3. The third kappa shape index (κ3) is 18.9. The van der Waals surface area contributed by atoms with Gasteiger partial charge in [0.1, 0.15) is 11.8 Å². The van der Waals surface area contributed by atoms with E-state index < -0.39 is 61.3 Å². The lowest BCUT2D eigenvalue weighted by Crippen LogP contribution is -2.52. The molecule has 0 aliphatic carbocycles. The third-order valence-corrected chi connectivity index (χ3v) is 6.59. The zero-order valence-corrected chi connectivity index (χ0v) is 27.2. The van der Waals surface area contributed by atoms with Crippen molar-refractivity contribution in [3.05, 3.63) is 0 Å². The average molecular weight is 622 g/mol. The predicted molar refractivity (Wildman–Crippen MR) is 167 cm³/mol. The van der Waals surface area contributed by atoms with Crippen molar-refractivity contribution in [3.63, 3.8) is 0 Å². The molecule has 0 fully saturated rings. The Morgan fingerprint density at radius 2 is 1.07 bits per heavy atom. The summed E-state index contributed by atoms with van der Waals surface area (Å²) in [6.07, 6.45) is 0.700. The number of hydrogen-bond acceptors (Lipinski definition) is 8. The number of nitrogens with one attached hydrogen (secondary N) is 6. The zero-order valence-electron chi connectivity index (χ0n) is 27.2. The van der Waals surface area contributed by atoms with Crippen molar-refractivity contribution >= 4 is 49.1 Å². The summed E-state index contributed by atoms with van der Waals surface area (Å²) < 4.78 is 0. The van der Waals surface area contributed by atoms with E-state index in [2.05, 4.69) is 31.9 Å². The summed E-state index contributed by atoms with van der Waals surface area (Å²) in [6.45, 7) is 11.5. The maximum Gasteiger partial charge on any atom is 0.243 e. The Morgan fingerprint density at radius 1 is 0.591 bits per heavy atom. The summed E-state index contributed by atoms with van der Waals surface area (Å²) in [5.41, 5.74) is 5.76. The molecule has 0 aromatic rings. The van der Waals surface area contributed by atoms with Crippen LogP contribution in [-0.4, -0.2) is 93.4 Å². The molecule has 0 saturated heterocycles. The van der Waals surface area contributed by atoms with Crippen molar-refractivity contribution in [2.45, 2.75) is 98.1 Å². The van der Waals surface area contributed by atoms with Gasteiger partial charge in [0.25, 0.3) is 0 Å². The fourth-order valence-corrected chi connectivity index (χ4v) is 3.92. The summed E-state index contributed by atoms with van der Waals surface area (Å²) in [5.74, 6) is -3.57. The normalized spacial score (nSPS) is 13.8. The Labute approximate surface area is 262 Å². The maximum absolute atomic E-state index is 12.7. The van der Waals surface area contributed by atoms with Gasteiger partial charge in [0.15, 0.2) is 0 Å². The average Bonchev–Trinajstić information content (AvgIpc) is 2.93.